The Kier molecular flexibility index (Phi) is 10.0. The molecule has 3 heterocycles. The van der Waals surface area contributed by atoms with Gasteiger partial charge in [0.15, 0.2) is 31.5 Å². The Balaban J connectivity index is 1.49. The van der Waals surface area contributed by atoms with E-state index in [2.05, 4.69) is 69.6 Å². The quantitative estimate of drug-likeness (QED) is 0.0846. The summed E-state index contributed by atoms with van der Waals surface area (Å²) in [5.74, 6) is -1.21. The molecule has 5 aromatic rings. The van der Waals surface area contributed by atoms with Crippen molar-refractivity contribution in [3.8, 4) is 28.7 Å². The molecule has 0 amide bonds. The topological polar surface area (TPSA) is 195 Å². The van der Waals surface area contributed by atoms with Crippen molar-refractivity contribution in [2.75, 3.05) is 25.6 Å². The van der Waals surface area contributed by atoms with Gasteiger partial charge in [-0.1, -0.05) is 25.9 Å². The molecule has 260 valence electrons. The Morgan fingerprint density at radius 1 is 1.18 bits per heavy atom. The van der Waals surface area contributed by atoms with Crippen LogP contribution >= 0.6 is 0 Å². The van der Waals surface area contributed by atoms with E-state index in [0.717, 1.165) is 10.9 Å². The van der Waals surface area contributed by atoms with Crippen molar-refractivity contribution in [3.05, 3.63) is 81.7 Å². The second-order valence-electron chi connectivity index (χ2n) is 12.8. The van der Waals surface area contributed by atoms with Gasteiger partial charge in [0, 0.05) is 42.8 Å². The van der Waals surface area contributed by atoms with Gasteiger partial charge in [-0.05, 0) is 48.5 Å². The van der Waals surface area contributed by atoms with Gasteiger partial charge in [-0.3, -0.25) is 10.1 Å². The van der Waals surface area contributed by atoms with Crippen molar-refractivity contribution in [2.24, 2.45) is 0 Å². The molecule has 1 atom stereocenters. The predicted molar refractivity (Wildman–Crippen MR) is 179 cm³/mol. The number of H-pyrrole nitrogens is 2. The van der Waals surface area contributed by atoms with Crippen LogP contribution in [-0.4, -0.2) is 74.8 Å². The molecule has 3 aromatic heterocycles. The lowest BCUT2D eigenvalue weighted by Gasteiger charge is -2.36. The van der Waals surface area contributed by atoms with E-state index in [1.807, 2.05) is 0 Å². The third-order valence-corrected chi connectivity index (χ3v) is 12.9. The van der Waals surface area contributed by atoms with Crippen LogP contribution in [0.1, 0.15) is 60.9 Å². The molecule has 17 heteroatoms. The maximum Gasteiger partial charge on any atom is 0.349 e. The first-order chi connectivity index (χ1) is 23.2. The molecule has 4 N–H and O–H groups in total. The molecule has 0 saturated heterocycles. The summed E-state index contributed by atoms with van der Waals surface area (Å²) in [6.45, 7) is 13.1. The molecule has 0 radical (unpaired) electrons. The first-order valence-electron chi connectivity index (χ1n) is 15.5. The molecule has 0 aliphatic carbocycles. The zero-order chi connectivity index (χ0) is 35.5. The lowest BCUT2D eigenvalue weighted by atomic mass is 10.0. The fourth-order valence-corrected chi connectivity index (χ4v) is 5.71. The number of halogens is 1. The number of aromatic nitrogens is 7. The van der Waals surface area contributed by atoms with E-state index in [1.54, 1.807) is 31.2 Å². The summed E-state index contributed by atoms with van der Waals surface area (Å²) in [7, 11) is -0.518. The summed E-state index contributed by atoms with van der Waals surface area (Å²) in [5.41, 5.74) is 0.173. The summed E-state index contributed by atoms with van der Waals surface area (Å²) in [6.07, 6.45) is 1.59. The Morgan fingerprint density at radius 2 is 1.92 bits per heavy atom. The highest BCUT2D eigenvalue weighted by Gasteiger charge is 2.37. The minimum absolute atomic E-state index is 0.0327. The Labute approximate surface area is 281 Å². The Hall–Kier alpha value is -5.29. The number of anilines is 1. The number of carbonyl (C=O) groups is 1. The van der Waals surface area contributed by atoms with Crippen molar-refractivity contribution in [2.45, 2.75) is 58.3 Å². The minimum Gasteiger partial charge on any atom is -0.497 e. The normalized spacial score (nSPS) is 12.6. The summed E-state index contributed by atoms with van der Waals surface area (Å²) < 4.78 is 40.0. The zero-order valence-corrected chi connectivity index (χ0v) is 29.3. The number of nitrogens with one attached hydrogen (secondary N) is 3. The number of aromatic carboxylic acids is 1. The van der Waals surface area contributed by atoms with Gasteiger partial charge < -0.3 is 28.8 Å². The van der Waals surface area contributed by atoms with Gasteiger partial charge in [-0.2, -0.15) is 14.8 Å². The fourth-order valence-electron chi connectivity index (χ4n) is 4.62. The SMILES string of the molecule is COc1cc(OCCCO[Si](C)(C)C(C)(C)C)c(F)c(C(Nc2ccc(-c3noc(C)n3)cc2)c2nn(-c3[nH]ncc3C(=O)O)c(=O)[nH]2)c1. The Morgan fingerprint density at radius 3 is 2.55 bits per heavy atom. The van der Waals surface area contributed by atoms with Crippen LogP contribution < -0.4 is 20.5 Å². The summed E-state index contributed by atoms with van der Waals surface area (Å²) in [4.78, 5) is 31.7. The molecular weight excluding hydrogens is 655 g/mol. The highest BCUT2D eigenvalue weighted by atomic mass is 28.4. The Bertz CT molecular complexity index is 1980. The molecule has 0 spiro atoms. The third kappa shape index (κ3) is 7.73. The maximum absolute atomic E-state index is 16.4. The number of rotatable bonds is 14. The van der Waals surface area contributed by atoms with Crippen LogP contribution in [0.3, 0.4) is 0 Å². The highest BCUT2D eigenvalue weighted by Crippen LogP contribution is 2.37. The van der Waals surface area contributed by atoms with Crippen LogP contribution in [0, 0.1) is 12.7 Å². The second-order valence-corrected chi connectivity index (χ2v) is 17.6. The minimum atomic E-state index is -1.96. The van der Waals surface area contributed by atoms with Crippen molar-refractivity contribution >= 4 is 20.0 Å². The number of hydrogen-bond acceptors (Lipinski definition) is 11. The average molecular weight is 695 g/mol. The van der Waals surface area contributed by atoms with Gasteiger partial charge in [0.05, 0.1) is 19.9 Å². The number of carboxylic acid groups (broad SMARTS) is 1. The van der Waals surface area contributed by atoms with Gasteiger partial charge >= 0.3 is 11.7 Å². The standard InChI is InChI=1S/C32H39FN8O7Si/c1-18-35-27(40-48-18)19-9-11-20(12-10-19)36-26(28-37-31(44)41(39-28)29-23(30(42)43)17-34-38-29)22-15-21(45-5)16-24(25(22)33)46-13-8-14-47-49(6,7)32(2,3)4/h9-12,15-17,26,36H,8,13-14H2,1-7H3,(H,34,38)(H,42,43)(H,37,39,44). The molecule has 1 unspecified atom stereocenters. The fraction of sp³-hybridized carbons (Fsp3) is 0.375. The molecular formula is C32H39FN8O7Si. The van der Waals surface area contributed by atoms with E-state index in [4.69, 9.17) is 18.4 Å². The first-order valence-corrected chi connectivity index (χ1v) is 18.4. The number of carboxylic acids is 1. The van der Waals surface area contributed by atoms with Crippen LogP contribution in [0.4, 0.5) is 10.1 Å². The summed E-state index contributed by atoms with van der Waals surface area (Å²) in [5, 5.41) is 27.4. The van der Waals surface area contributed by atoms with Gasteiger partial charge in [0.25, 0.3) is 0 Å². The van der Waals surface area contributed by atoms with Crippen LogP contribution in [-0.2, 0) is 4.43 Å². The molecule has 0 saturated carbocycles. The maximum atomic E-state index is 16.4. The molecule has 2 aromatic carbocycles. The summed E-state index contributed by atoms with van der Waals surface area (Å²) >= 11 is 0. The first kappa shape index (κ1) is 35.0. The molecule has 0 bridgehead atoms. The third-order valence-electron chi connectivity index (χ3n) is 8.35. The van der Waals surface area contributed by atoms with Gasteiger partial charge in [0.2, 0.25) is 11.7 Å². The van der Waals surface area contributed by atoms with Crippen molar-refractivity contribution in [1.82, 2.24) is 35.1 Å². The average Bonchev–Trinajstić information content (AvgIpc) is 3.80. The molecule has 5 rings (SSSR count). The predicted octanol–water partition coefficient (Wildman–Crippen LogP) is 5.48. The summed E-state index contributed by atoms with van der Waals surface area (Å²) in [6, 6.07) is 8.72. The van der Waals surface area contributed by atoms with Crippen LogP contribution in [0.2, 0.25) is 18.1 Å². The molecule has 49 heavy (non-hydrogen) atoms. The second kappa shape index (κ2) is 14.1. The van der Waals surface area contributed by atoms with E-state index in [-0.39, 0.29) is 40.2 Å². The van der Waals surface area contributed by atoms with E-state index in [9.17, 15) is 14.7 Å². The molecule has 0 fully saturated rings. The zero-order valence-electron chi connectivity index (χ0n) is 28.3. The van der Waals surface area contributed by atoms with E-state index in [1.165, 1.54) is 19.2 Å². The van der Waals surface area contributed by atoms with Crippen LogP contribution in [0.15, 0.2) is 51.9 Å². The molecule has 0 aliphatic rings. The van der Waals surface area contributed by atoms with Gasteiger partial charge in [0.1, 0.15) is 17.4 Å². The highest BCUT2D eigenvalue weighted by molar-refractivity contribution is 6.74. The number of nitrogens with zero attached hydrogens (tertiary/aromatic N) is 5. The van der Waals surface area contributed by atoms with Crippen LogP contribution in [0.5, 0.6) is 11.5 Å². The largest absolute Gasteiger partial charge is 0.497 e. The number of aryl methyl sites for hydroxylation is 1. The van der Waals surface area contributed by atoms with Crippen molar-refractivity contribution in [3.63, 3.8) is 0 Å². The number of hydrogen-bond donors (Lipinski definition) is 4. The number of methoxy groups -OCH3 is 1. The van der Waals surface area contributed by atoms with E-state index < -0.39 is 31.8 Å². The van der Waals surface area contributed by atoms with Gasteiger partial charge in [-0.15, -0.1) is 5.10 Å². The molecule has 0 aliphatic heterocycles. The van der Waals surface area contributed by atoms with E-state index in [0.29, 0.717) is 41.7 Å². The van der Waals surface area contributed by atoms with Crippen LogP contribution in [0.25, 0.3) is 17.2 Å². The lowest BCUT2D eigenvalue weighted by Crippen LogP contribution is -2.41. The monoisotopic (exact) mass is 694 g/mol. The lowest BCUT2D eigenvalue weighted by molar-refractivity contribution is 0.0696. The van der Waals surface area contributed by atoms with Crippen molar-refractivity contribution in [1.29, 1.82) is 0 Å². The molecule has 15 nitrogen and oxygen atoms in total. The van der Waals surface area contributed by atoms with Gasteiger partial charge in [-0.25, -0.2) is 14.0 Å². The van der Waals surface area contributed by atoms with Crippen molar-refractivity contribution < 1.29 is 32.7 Å². The number of aromatic amines is 2. The van der Waals surface area contributed by atoms with E-state index >= 15 is 4.39 Å². The number of benzene rings is 2. The smallest absolute Gasteiger partial charge is 0.349 e. The number of ether oxygens (including phenoxy) is 2.